The van der Waals surface area contributed by atoms with Crippen molar-refractivity contribution in [3.63, 3.8) is 0 Å². The van der Waals surface area contributed by atoms with E-state index >= 15 is 0 Å². The number of fused-ring (bicyclic) bond motifs is 1. The molecule has 0 saturated carbocycles. The molecule has 2 unspecified atom stereocenters. The molecule has 2 aliphatic rings. The van der Waals surface area contributed by atoms with Crippen molar-refractivity contribution in [3.8, 4) is 0 Å². The largest absolute Gasteiger partial charge is 0.345 e. The molecule has 0 N–H and O–H groups in total. The van der Waals surface area contributed by atoms with Crippen molar-refractivity contribution in [3.05, 3.63) is 46.2 Å². The van der Waals surface area contributed by atoms with Crippen LogP contribution in [0.2, 0.25) is 0 Å². The van der Waals surface area contributed by atoms with E-state index in [2.05, 4.69) is 0 Å². The van der Waals surface area contributed by atoms with E-state index in [9.17, 15) is 10.1 Å². The van der Waals surface area contributed by atoms with Gasteiger partial charge in [0.15, 0.2) is 0 Å². The minimum Gasteiger partial charge on any atom is -0.345 e. The van der Waals surface area contributed by atoms with E-state index in [1.54, 1.807) is 6.08 Å². The van der Waals surface area contributed by atoms with Gasteiger partial charge in [0.2, 0.25) is 6.20 Å². The second-order valence-corrected chi connectivity index (χ2v) is 3.01. The Kier molecular flexibility index (Phi) is 2.43. The molecule has 14 heavy (non-hydrogen) atoms. The average Bonchev–Trinajstić information content (AvgIpc) is 2.61. The summed E-state index contributed by atoms with van der Waals surface area (Å²) in [6, 6.07) is 0. The molecule has 0 amide bonds. The van der Waals surface area contributed by atoms with Gasteiger partial charge in [-0.05, 0) is 11.6 Å². The third-order valence-corrected chi connectivity index (χ3v) is 2.07. The molecule has 1 aliphatic heterocycles. The second-order valence-electron chi connectivity index (χ2n) is 3.01. The van der Waals surface area contributed by atoms with Crippen LogP contribution in [0, 0.1) is 10.1 Å². The highest BCUT2D eigenvalue weighted by Crippen LogP contribution is 2.22. The second kappa shape index (κ2) is 3.73. The first-order valence-corrected chi connectivity index (χ1v) is 4.20. The highest BCUT2D eigenvalue weighted by molar-refractivity contribution is 5.36. The van der Waals surface area contributed by atoms with Crippen LogP contribution in [0.4, 0.5) is 0 Å². The Balaban J connectivity index is 2.08. The van der Waals surface area contributed by atoms with Crippen LogP contribution in [-0.2, 0) is 9.47 Å². The smallest absolute Gasteiger partial charge is 0.235 e. The number of rotatable bonds is 2. The summed E-state index contributed by atoms with van der Waals surface area (Å²) in [6.07, 6.45) is 7.65. The Morgan fingerprint density at radius 1 is 1.50 bits per heavy atom. The fourth-order valence-electron chi connectivity index (χ4n) is 1.40. The zero-order chi connectivity index (χ0) is 9.97. The molecule has 0 aromatic rings. The van der Waals surface area contributed by atoms with E-state index in [0.717, 1.165) is 11.8 Å². The summed E-state index contributed by atoms with van der Waals surface area (Å²) in [4.78, 5) is 9.59. The van der Waals surface area contributed by atoms with Crippen LogP contribution in [0.15, 0.2) is 36.1 Å². The van der Waals surface area contributed by atoms with E-state index in [4.69, 9.17) is 9.47 Å². The van der Waals surface area contributed by atoms with Gasteiger partial charge in [0.25, 0.3) is 0 Å². The van der Waals surface area contributed by atoms with Crippen molar-refractivity contribution in [1.82, 2.24) is 0 Å². The van der Waals surface area contributed by atoms with Crippen LogP contribution in [0.5, 0.6) is 0 Å². The lowest BCUT2D eigenvalue weighted by atomic mass is 10.0. The fourth-order valence-corrected chi connectivity index (χ4v) is 1.40. The van der Waals surface area contributed by atoms with Gasteiger partial charge < -0.3 is 9.47 Å². The highest BCUT2D eigenvalue weighted by Gasteiger charge is 2.27. The molecule has 1 fully saturated rings. The van der Waals surface area contributed by atoms with Crippen molar-refractivity contribution >= 4 is 0 Å². The topological polar surface area (TPSA) is 61.6 Å². The standard InChI is InChI=1S/C9H9NO4/c11-10(12)4-3-7-1-2-8-9(5-7)14-6-13-8/h1-5,8-9H,6H2/b4-3+. The van der Waals surface area contributed by atoms with E-state index in [0.29, 0.717) is 0 Å². The Hall–Kier alpha value is -1.46. The first kappa shape index (κ1) is 9.11. The van der Waals surface area contributed by atoms with Crippen molar-refractivity contribution in [2.45, 2.75) is 12.2 Å². The molecule has 1 aliphatic carbocycles. The highest BCUT2D eigenvalue weighted by atomic mass is 16.7. The van der Waals surface area contributed by atoms with Crippen molar-refractivity contribution in [2.75, 3.05) is 6.79 Å². The average molecular weight is 195 g/mol. The van der Waals surface area contributed by atoms with Gasteiger partial charge >= 0.3 is 0 Å². The molecule has 0 aromatic heterocycles. The summed E-state index contributed by atoms with van der Waals surface area (Å²) in [5.41, 5.74) is 0.772. The monoisotopic (exact) mass is 195 g/mol. The zero-order valence-corrected chi connectivity index (χ0v) is 7.33. The normalized spacial score (nSPS) is 30.4. The SMILES string of the molecule is O=[N+]([O-])/C=C/C1=CC2OCOC2C=C1. The molecular weight excluding hydrogens is 186 g/mol. The first-order valence-electron chi connectivity index (χ1n) is 4.20. The first-order chi connectivity index (χ1) is 6.75. The lowest BCUT2D eigenvalue weighted by Gasteiger charge is -2.13. The van der Waals surface area contributed by atoms with Gasteiger partial charge in [-0.3, -0.25) is 10.1 Å². The Labute approximate surface area is 80.5 Å². The summed E-state index contributed by atoms with van der Waals surface area (Å²) < 4.78 is 10.5. The number of nitrogens with zero attached hydrogens (tertiary/aromatic N) is 1. The van der Waals surface area contributed by atoms with Gasteiger partial charge in [0, 0.05) is 6.08 Å². The number of hydrogen-bond acceptors (Lipinski definition) is 4. The minimum atomic E-state index is -0.493. The Morgan fingerprint density at radius 2 is 2.29 bits per heavy atom. The molecule has 5 heteroatoms. The third kappa shape index (κ3) is 1.89. The molecule has 0 spiro atoms. The van der Waals surface area contributed by atoms with Gasteiger partial charge in [-0.1, -0.05) is 12.2 Å². The van der Waals surface area contributed by atoms with Crippen molar-refractivity contribution < 1.29 is 14.4 Å². The van der Waals surface area contributed by atoms with Crippen LogP contribution in [0.25, 0.3) is 0 Å². The van der Waals surface area contributed by atoms with E-state index < -0.39 is 4.92 Å². The molecule has 2 atom stereocenters. The lowest BCUT2D eigenvalue weighted by Crippen LogP contribution is -2.20. The fraction of sp³-hybridized carbons (Fsp3) is 0.333. The van der Waals surface area contributed by atoms with Gasteiger partial charge in [-0.25, -0.2) is 0 Å². The molecule has 1 saturated heterocycles. The summed E-state index contributed by atoms with van der Waals surface area (Å²) in [5, 5.41) is 10.1. The molecule has 5 nitrogen and oxygen atoms in total. The van der Waals surface area contributed by atoms with Crippen LogP contribution in [0.3, 0.4) is 0 Å². The summed E-state index contributed by atoms with van der Waals surface area (Å²) in [6.45, 7) is 0.280. The van der Waals surface area contributed by atoms with E-state index in [1.165, 1.54) is 6.08 Å². The number of nitro groups is 1. The number of allylic oxidation sites excluding steroid dienone is 3. The molecule has 2 rings (SSSR count). The molecule has 0 aromatic carbocycles. The summed E-state index contributed by atoms with van der Waals surface area (Å²) in [5.74, 6) is 0. The van der Waals surface area contributed by atoms with Gasteiger partial charge in [-0.2, -0.15) is 0 Å². The van der Waals surface area contributed by atoms with Crippen LogP contribution in [-0.4, -0.2) is 23.9 Å². The minimum absolute atomic E-state index is 0.0391. The summed E-state index contributed by atoms with van der Waals surface area (Å²) in [7, 11) is 0. The van der Waals surface area contributed by atoms with Crippen LogP contribution in [0.1, 0.15) is 0 Å². The predicted octanol–water partition coefficient (Wildman–Crippen LogP) is 1.01. The van der Waals surface area contributed by atoms with Crippen molar-refractivity contribution in [2.24, 2.45) is 0 Å². The third-order valence-electron chi connectivity index (χ3n) is 2.07. The molecule has 1 heterocycles. The van der Waals surface area contributed by atoms with Crippen LogP contribution >= 0.6 is 0 Å². The zero-order valence-electron chi connectivity index (χ0n) is 7.33. The van der Waals surface area contributed by atoms with Gasteiger partial charge in [0.05, 0.1) is 4.92 Å². The predicted molar refractivity (Wildman–Crippen MR) is 48.0 cm³/mol. The summed E-state index contributed by atoms with van der Waals surface area (Å²) >= 11 is 0. The van der Waals surface area contributed by atoms with E-state index in [-0.39, 0.29) is 19.0 Å². The molecular formula is C9H9NO4. The molecule has 74 valence electrons. The number of ether oxygens (including phenoxy) is 2. The van der Waals surface area contributed by atoms with Crippen molar-refractivity contribution in [1.29, 1.82) is 0 Å². The van der Waals surface area contributed by atoms with E-state index in [1.807, 2.05) is 12.2 Å². The maximum atomic E-state index is 10.1. The Morgan fingerprint density at radius 3 is 3.07 bits per heavy atom. The number of hydrogen-bond donors (Lipinski definition) is 0. The Bertz CT molecular complexity index is 332. The quantitative estimate of drug-likeness (QED) is 0.487. The molecule has 0 bridgehead atoms. The lowest BCUT2D eigenvalue weighted by molar-refractivity contribution is -0.402. The maximum Gasteiger partial charge on any atom is 0.235 e. The molecule has 0 radical (unpaired) electrons. The maximum absolute atomic E-state index is 10.1. The van der Waals surface area contributed by atoms with Crippen LogP contribution < -0.4 is 0 Å². The van der Waals surface area contributed by atoms with Gasteiger partial charge in [0.1, 0.15) is 19.0 Å². The van der Waals surface area contributed by atoms with Gasteiger partial charge in [-0.15, -0.1) is 0 Å².